The van der Waals surface area contributed by atoms with Crippen LogP contribution < -0.4 is 21.1 Å². The number of carboxylic acid groups (broad SMARTS) is 1. The van der Waals surface area contributed by atoms with E-state index in [-0.39, 0.29) is 22.5 Å². The normalized spacial score (nSPS) is 25.0. The third-order valence-electron chi connectivity index (χ3n) is 10.5. The van der Waals surface area contributed by atoms with Crippen molar-refractivity contribution < 1.29 is 29.3 Å². The average molecular weight is 665 g/mol. The number of anilines is 1. The van der Waals surface area contributed by atoms with Crippen LogP contribution in [0.1, 0.15) is 81.0 Å². The van der Waals surface area contributed by atoms with Crippen molar-refractivity contribution in [2.24, 2.45) is 17.6 Å². The molecule has 2 aromatic heterocycles. The number of fused-ring (bicyclic) bond motifs is 3. The number of rotatable bonds is 7. The van der Waals surface area contributed by atoms with Crippen molar-refractivity contribution in [1.82, 2.24) is 10.3 Å². The molecule has 48 heavy (non-hydrogen) atoms. The molecule has 2 amide bonds. The van der Waals surface area contributed by atoms with Crippen molar-refractivity contribution >= 4 is 34.8 Å². The van der Waals surface area contributed by atoms with Crippen molar-refractivity contribution in [3.05, 3.63) is 88.1 Å². The van der Waals surface area contributed by atoms with Crippen LogP contribution in [0.2, 0.25) is 0 Å². The zero-order valence-corrected chi connectivity index (χ0v) is 27.1. The largest absolute Gasteiger partial charge is 0.493 e. The van der Waals surface area contributed by atoms with Crippen LogP contribution in [0.5, 0.6) is 5.75 Å². The summed E-state index contributed by atoms with van der Waals surface area (Å²) in [5, 5.41) is 29.7. The maximum atomic E-state index is 14.0. The molecule has 4 aliphatic carbocycles. The van der Waals surface area contributed by atoms with Crippen LogP contribution in [0.25, 0.3) is 21.6 Å². The highest BCUT2D eigenvalue weighted by Crippen LogP contribution is 2.57. The van der Waals surface area contributed by atoms with E-state index in [1.807, 2.05) is 23.6 Å². The van der Waals surface area contributed by atoms with Gasteiger partial charge >= 0.3 is 5.97 Å². The van der Waals surface area contributed by atoms with Gasteiger partial charge in [-0.15, -0.1) is 11.3 Å². The number of aliphatic hydroxyl groups is 1. The Kier molecular flexibility index (Phi) is 7.39. The number of carbonyl (C=O) groups excluding carboxylic acids is 2. The molecule has 4 saturated carbocycles. The van der Waals surface area contributed by atoms with Crippen molar-refractivity contribution in [3.63, 3.8) is 0 Å². The molecule has 1 aliphatic heterocycles. The van der Waals surface area contributed by atoms with Gasteiger partial charge in [-0.05, 0) is 109 Å². The topological polar surface area (TPSA) is 164 Å². The number of benzene rings is 2. The molecule has 5 aliphatic rings. The van der Waals surface area contributed by atoms with Gasteiger partial charge in [-0.25, -0.2) is 9.78 Å². The first-order chi connectivity index (χ1) is 23.1. The van der Waals surface area contributed by atoms with Gasteiger partial charge in [0.2, 0.25) is 0 Å². The summed E-state index contributed by atoms with van der Waals surface area (Å²) in [5.74, 6) is -0.968. The van der Waals surface area contributed by atoms with Crippen molar-refractivity contribution in [2.75, 3.05) is 11.9 Å². The van der Waals surface area contributed by atoms with Gasteiger partial charge in [0.05, 0.1) is 12.2 Å². The molecular weight excluding hydrogens is 628 g/mol. The minimum Gasteiger partial charge on any atom is -0.493 e. The van der Waals surface area contributed by atoms with Gasteiger partial charge < -0.3 is 31.3 Å². The monoisotopic (exact) mass is 664 g/mol. The summed E-state index contributed by atoms with van der Waals surface area (Å²) in [6.07, 6.45) is 5.41. The number of ether oxygens (including phenoxy) is 1. The molecule has 9 rings (SSSR count). The van der Waals surface area contributed by atoms with E-state index in [0.29, 0.717) is 54.8 Å². The third kappa shape index (κ3) is 5.45. The Labute approximate surface area is 281 Å². The number of aromatic carboxylic acids is 1. The van der Waals surface area contributed by atoms with Crippen molar-refractivity contribution in [3.8, 4) is 27.3 Å². The molecule has 2 atom stereocenters. The number of thiophene rings is 1. The summed E-state index contributed by atoms with van der Waals surface area (Å²) in [6, 6.07) is 15.7. The van der Waals surface area contributed by atoms with Gasteiger partial charge in [0.1, 0.15) is 11.4 Å². The summed E-state index contributed by atoms with van der Waals surface area (Å²) < 4.78 is 6.15. The first-order valence-electron chi connectivity index (χ1n) is 16.4. The standard InChI is InChI=1S/C37H36N4O6S/c38-18-20-1-3-24(4-2-20)39-33(42)27-12-28-30(47-9-7-23-8-10-48-32(23)28)13-26(27)25-5-6-29(40-31(25)35(44)45)34(43)41-36-14-21-11-22(15-36)17-37(46,16-21)19-36/h1-6,8,10,12-13,21-22,46H,7,9,11,14-19,38H2,(H,39,42)(H,41,43)(H,44,45). The Balaban J connectivity index is 1.18. The molecule has 0 radical (unpaired) electrons. The van der Waals surface area contributed by atoms with E-state index >= 15 is 0 Å². The number of nitrogens with zero attached hydrogens (tertiary/aromatic N) is 1. The second-order valence-electron chi connectivity index (χ2n) is 13.9. The lowest BCUT2D eigenvalue weighted by Gasteiger charge is -2.60. The first-order valence-corrected chi connectivity index (χ1v) is 17.3. The van der Waals surface area contributed by atoms with Crippen LogP contribution in [-0.2, 0) is 13.0 Å². The zero-order chi connectivity index (χ0) is 33.2. The fraction of sp³-hybridized carbons (Fsp3) is 0.351. The van der Waals surface area contributed by atoms with E-state index in [9.17, 15) is 24.6 Å². The number of nitrogens with two attached hydrogens (primary N) is 1. The Morgan fingerprint density at radius 2 is 1.73 bits per heavy atom. The minimum atomic E-state index is -1.33. The molecule has 4 bridgehead atoms. The molecule has 6 N–H and O–H groups in total. The number of hydrogen-bond donors (Lipinski definition) is 5. The molecule has 0 spiro atoms. The van der Waals surface area contributed by atoms with E-state index < -0.39 is 28.9 Å². The second-order valence-corrected chi connectivity index (χ2v) is 14.9. The van der Waals surface area contributed by atoms with Gasteiger partial charge in [0, 0.05) is 51.3 Å². The molecule has 2 aromatic carbocycles. The molecule has 0 saturated heterocycles. The Hall–Kier alpha value is -4.58. The maximum absolute atomic E-state index is 14.0. The van der Waals surface area contributed by atoms with Crippen LogP contribution in [0, 0.1) is 11.8 Å². The minimum absolute atomic E-state index is 0.0286. The van der Waals surface area contributed by atoms with Gasteiger partial charge in [-0.1, -0.05) is 12.1 Å². The smallest absolute Gasteiger partial charge is 0.355 e. The fourth-order valence-corrected chi connectivity index (χ4v) is 9.86. The van der Waals surface area contributed by atoms with E-state index in [1.165, 1.54) is 6.07 Å². The van der Waals surface area contributed by atoms with E-state index in [0.717, 1.165) is 53.7 Å². The number of amides is 2. The van der Waals surface area contributed by atoms with Crippen LogP contribution in [0.3, 0.4) is 0 Å². The number of carbonyl (C=O) groups is 3. The van der Waals surface area contributed by atoms with Gasteiger partial charge in [0.25, 0.3) is 11.8 Å². The van der Waals surface area contributed by atoms with Crippen LogP contribution >= 0.6 is 11.3 Å². The van der Waals surface area contributed by atoms with E-state index in [4.69, 9.17) is 10.5 Å². The van der Waals surface area contributed by atoms with Crippen molar-refractivity contribution in [2.45, 2.75) is 62.6 Å². The Morgan fingerprint density at radius 1 is 0.958 bits per heavy atom. The molecule has 3 heterocycles. The highest BCUT2D eigenvalue weighted by atomic mass is 32.1. The lowest BCUT2D eigenvalue weighted by atomic mass is 9.51. The molecule has 4 fully saturated rings. The number of hydrogen-bond acceptors (Lipinski definition) is 8. The van der Waals surface area contributed by atoms with Crippen LogP contribution in [-0.4, -0.2) is 50.7 Å². The Bertz CT molecular complexity index is 1960. The maximum Gasteiger partial charge on any atom is 0.355 e. The summed E-state index contributed by atoms with van der Waals surface area (Å²) in [7, 11) is 0. The lowest BCUT2D eigenvalue weighted by Crippen LogP contribution is -2.65. The van der Waals surface area contributed by atoms with Gasteiger partial charge in [0.15, 0.2) is 5.69 Å². The summed E-state index contributed by atoms with van der Waals surface area (Å²) in [4.78, 5) is 45.8. The van der Waals surface area contributed by atoms with E-state index in [2.05, 4.69) is 15.6 Å². The molecule has 4 aromatic rings. The fourth-order valence-electron chi connectivity index (χ4n) is 8.88. The van der Waals surface area contributed by atoms with Crippen LogP contribution in [0.4, 0.5) is 5.69 Å². The number of pyridine rings is 1. The molecular formula is C37H36N4O6S. The number of nitrogens with one attached hydrogen (secondary N) is 2. The Morgan fingerprint density at radius 3 is 2.44 bits per heavy atom. The molecule has 10 nitrogen and oxygen atoms in total. The lowest BCUT2D eigenvalue weighted by molar-refractivity contribution is -0.139. The van der Waals surface area contributed by atoms with E-state index in [1.54, 1.807) is 41.7 Å². The molecule has 2 unspecified atom stereocenters. The highest BCUT2D eigenvalue weighted by Gasteiger charge is 2.57. The zero-order valence-electron chi connectivity index (χ0n) is 26.3. The van der Waals surface area contributed by atoms with Gasteiger partial charge in [-0.2, -0.15) is 0 Å². The van der Waals surface area contributed by atoms with Crippen molar-refractivity contribution in [1.29, 1.82) is 0 Å². The predicted molar refractivity (Wildman–Crippen MR) is 181 cm³/mol. The third-order valence-corrected chi connectivity index (χ3v) is 11.5. The summed E-state index contributed by atoms with van der Waals surface area (Å²) >= 11 is 1.56. The summed E-state index contributed by atoms with van der Waals surface area (Å²) in [6.45, 7) is 0.798. The van der Waals surface area contributed by atoms with Crippen LogP contribution in [0.15, 0.2) is 60.0 Å². The number of carboxylic acids is 1. The average Bonchev–Trinajstić information content (AvgIpc) is 3.44. The SMILES string of the molecule is NCc1ccc(NC(=O)c2cc3c(cc2-c2ccc(C(=O)NC45CC6CC(CC(O)(C6)C4)C5)nc2C(=O)O)OCCc2ccsc2-3)cc1. The highest BCUT2D eigenvalue weighted by molar-refractivity contribution is 7.13. The number of aromatic nitrogens is 1. The van der Waals surface area contributed by atoms with Gasteiger partial charge in [-0.3, -0.25) is 9.59 Å². The summed E-state index contributed by atoms with van der Waals surface area (Å²) in [5.41, 5.74) is 8.18. The second kappa shape index (κ2) is 11.5. The predicted octanol–water partition coefficient (Wildman–Crippen LogP) is 5.63. The first kappa shape index (κ1) is 30.7. The molecule has 11 heteroatoms. The quantitative estimate of drug-likeness (QED) is 0.170. The molecule has 246 valence electrons.